The molecule has 1 fully saturated rings. The Morgan fingerprint density at radius 3 is 2.50 bits per heavy atom. The van der Waals surface area contributed by atoms with Gasteiger partial charge >= 0.3 is 0 Å². The van der Waals surface area contributed by atoms with Gasteiger partial charge in [0.25, 0.3) is 5.91 Å². The first-order valence-electron chi connectivity index (χ1n) is 9.16. The Bertz CT molecular complexity index is 805. The monoisotopic (exact) mass is 403 g/mol. The van der Waals surface area contributed by atoms with Crippen LogP contribution in [0.5, 0.6) is 5.75 Å². The number of nitrogens with two attached hydrogens (primary N) is 1. The molecule has 150 valence electrons. The second kappa shape index (κ2) is 10.1. The minimum Gasteiger partial charge on any atom is -0.484 e. The van der Waals surface area contributed by atoms with Gasteiger partial charge in [0.2, 0.25) is 5.91 Å². The fourth-order valence-electron chi connectivity index (χ4n) is 3.01. The van der Waals surface area contributed by atoms with Crippen molar-refractivity contribution in [3.05, 3.63) is 59.7 Å². The lowest BCUT2D eigenvalue weighted by Crippen LogP contribution is -2.32. The quantitative estimate of drug-likeness (QED) is 0.776. The van der Waals surface area contributed by atoms with Gasteiger partial charge in [0.15, 0.2) is 6.61 Å². The number of rotatable bonds is 6. The Hall–Kier alpha value is -2.57. The van der Waals surface area contributed by atoms with Crippen LogP contribution < -0.4 is 15.8 Å². The van der Waals surface area contributed by atoms with Crippen LogP contribution in [0.15, 0.2) is 48.5 Å². The van der Waals surface area contributed by atoms with Crippen LogP contribution in [0, 0.1) is 6.92 Å². The van der Waals surface area contributed by atoms with Crippen LogP contribution in [-0.2, 0) is 9.59 Å². The highest BCUT2D eigenvalue weighted by Gasteiger charge is 2.19. The van der Waals surface area contributed by atoms with E-state index in [1.807, 2.05) is 36.1 Å². The number of ether oxygens (including phenoxy) is 1. The summed E-state index contributed by atoms with van der Waals surface area (Å²) >= 11 is 0. The van der Waals surface area contributed by atoms with Crippen molar-refractivity contribution in [1.29, 1.82) is 0 Å². The van der Waals surface area contributed by atoms with Gasteiger partial charge in [-0.05, 0) is 37.5 Å². The van der Waals surface area contributed by atoms with Gasteiger partial charge < -0.3 is 20.7 Å². The number of likely N-dealkylation sites (tertiary alicyclic amines) is 1. The van der Waals surface area contributed by atoms with Gasteiger partial charge in [-0.25, -0.2) is 0 Å². The largest absolute Gasteiger partial charge is 0.484 e. The van der Waals surface area contributed by atoms with Gasteiger partial charge in [0, 0.05) is 24.8 Å². The number of anilines is 1. The van der Waals surface area contributed by atoms with E-state index in [1.165, 1.54) is 0 Å². The third-order valence-corrected chi connectivity index (χ3v) is 4.64. The molecule has 3 rings (SSSR count). The van der Waals surface area contributed by atoms with Crippen LogP contribution in [0.4, 0.5) is 5.69 Å². The second-order valence-corrected chi connectivity index (χ2v) is 6.78. The van der Waals surface area contributed by atoms with Gasteiger partial charge in [0.05, 0.1) is 0 Å². The molecule has 1 unspecified atom stereocenters. The fourth-order valence-corrected chi connectivity index (χ4v) is 3.01. The number of carbonyl (C=O) groups is 2. The Kier molecular flexibility index (Phi) is 7.84. The van der Waals surface area contributed by atoms with Crippen molar-refractivity contribution in [1.82, 2.24) is 4.90 Å². The van der Waals surface area contributed by atoms with Crippen LogP contribution in [0.1, 0.15) is 30.0 Å². The second-order valence-electron chi connectivity index (χ2n) is 6.78. The van der Waals surface area contributed by atoms with Crippen molar-refractivity contribution in [2.45, 2.75) is 25.8 Å². The molecule has 3 N–H and O–H groups in total. The molecule has 2 aromatic carbocycles. The van der Waals surface area contributed by atoms with Crippen LogP contribution in [0.2, 0.25) is 0 Å². The first-order valence-corrected chi connectivity index (χ1v) is 9.16. The third-order valence-electron chi connectivity index (χ3n) is 4.64. The van der Waals surface area contributed by atoms with Crippen molar-refractivity contribution in [2.75, 3.05) is 25.0 Å². The topological polar surface area (TPSA) is 84.7 Å². The first-order chi connectivity index (χ1) is 13.0. The molecule has 1 aliphatic heterocycles. The SMILES string of the molecule is Cc1ccc(C(N)C(=O)Nc2cccc(OCC(=O)N3CCCC3)c2)cc1.Cl. The van der Waals surface area contributed by atoms with Gasteiger partial charge in [-0.3, -0.25) is 9.59 Å². The number of benzene rings is 2. The highest BCUT2D eigenvalue weighted by atomic mass is 35.5. The fraction of sp³-hybridized carbons (Fsp3) is 0.333. The number of nitrogens with zero attached hydrogens (tertiary/aromatic N) is 1. The van der Waals surface area contributed by atoms with E-state index in [4.69, 9.17) is 10.5 Å². The number of halogens is 1. The molecule has 1 heterocycles. The van der Waals surface area contributed by atoms with E-state index in [0.29, 0.717) is 11.4 Å². The lowest BCUT2D eigenvalue weighted by atomic mass is 10.1. The van der Waals surface area contributed by atoms with Crippen molar-refractivity contribution in [3.8, 4) is 5.75 Å². The molecule has 0 radical (unpaired) electrons. The summed E-state index contributed by atoms with van der Waals surface area (Å²) in [6, 6.07) is 13.8. The standard InChI is InChI=1S/C21H25N3O3.ClH/c1-15-7-9-16(10-8-15)20(22)21(26)23-17-5-4-6-18(13-17)27-14-19(25)24-11-2-3-12-24;/h4-10,13,20H,2-3,11-12,14,22H2,1H3,(H,23,26);1H. The molecule has 0 spiro atoms. The molecule has 1 saturated heterocycles. The van der Waals surface area contributed by atoms with E-state index in [9.17, 15) is 9.59 Å². The molecular formula is C21H26ClN3O3. The minimum atomic E-state index is -0.757. The van der Waals surface area contributed by atoms with Crippen LogP contribution in [0.3, 0.4) is 0 Å². The van der Waals surface area contributed by atoms with Crippen molar-refractivity contribution >= 4 is 29.9 Å². The van der Waals surface area contributed by atoms with Crippen molar-refractivity contribution in [3.63, 3.8) is 0 Å². The lowest BCUT2D eigenvalue weighted by molar-refractivity contribution is -0.132. The molecule has 0 bridgehead atoms. The van der Waals surface area contributed by atoms with Gasteiger partial charge in [-0.1, -0.05) is 35.9 Å². The molecule has 0 saturated carbocycles. The van der Waals surface area contributed by atoms with E-state index in [-0.39, 0.29) is 30.8 Å². The van der Waals surface area contributed by atoms with Crippen molar-refractivity contribution < 1.29 is 14.3 Å². The van der Waals surface area contributed by atoms with Gasteiger partial charge in [0.1, 0.15) is 11.8 Å². The zero-order chi connectivity index (χ0) is 19.2. The average molecular weight is 404 g/mol. The summed E-state index contributed by atoms with van der Waals surface area (Å²) in [4.78, 5) is 26.3. The summed E-state index contributed by atoms with van der Waals surface area (Å²) in [5, 5.41) is 2.80. The summed E-state index contributed by atoms with van der Waals surface area (Å²) in [6.07, 6.45) is 2.10. The molecule has 0 aromatic heterocycles. The summed E-state index contributed by atoms with van der Waals surface area (Å²) in [5.41, 5.74) is 8.49. The molecule has 28 heavy (non-hydrogen) atoms. The molecule has 7 heteroatoms. The number of amides is 2. The zero-order valence-electron chi connectivity index (χ0n) is 15.9. The molecule has 1 atom stereocenters. The predicted octanol–water partition coefficient (Wildman–Crippen LogP) is 3.06. The highest BCUT2D eigenvalue weighted by molar-refractivity contribution is 5.95. The maximum atomic E-state index is 12.4. The number of nitrogens with one attached hydrogen (secondary N) is 1. The Balaban J connectivity index is 0.00000280. The van der Waals surface area contributed by atoms with E-state index in [1.54, 1.807) is 24.3 Å². The lowest BCUT2D eigenvalue weighted by Gasteiger charge is -2.16. The maximum absolute atomic E-state index is 12.4. The summed E-state index contributed by atoms with van der Waals surface area (Å²) < 4.78 is 5.59. The molecule has 6 nitrogen and oxygen atoms in total. The third kappa shape index (κ3) is 5.71. The summed E-state index contributed by atoms with van der Waals surface area (Å²) in [6.45, 7) is 3.58. The van der Waals surface area contributed by atoms with E-state index in [2.05, 4.69) is 5.32 Å². The van der Waals surface area contributed by atoms with E-state index < -0.39 is 6.04 Å². The first kappa shape index (κ1) is 21.7. The molecular weight excluding hydrogens is 378 g/mol. The molecule has 1 aliphatic rings. The average Bonchev–Trinajstić information content (AvgIpc) is 3.21. The molecule has 2 aromatic rings. The Morgan fingerprint density at radius 2 is 1.82 bits per heavy atom. The normalized spacial score (nSPS) is 14.1. The summed E-state index contributed by atoms with van der Waals surface area (Å²) in [5.74, 6) is 0.219. The van der Waals surface area contributed by atoms with E-state index >= 15 is 0 Å². The van der Waals surface area contributed by atoms with Crippen LogP contribution >= 0.6 is 12.4 Å². The predicted molar refractivity (Wildman–Crippen MR) is 112 cm³/mol. The summed E-state index contributed by atoms with van der Waals surface area (Å²) in [7, 11) is 0. The molecule has 0 aliphatic carbocycles. The van der Waals surface area contributed by atoms with Crippen molar-refractivity contribution in [2.24, 2.45) is 5.73 Å². The number of carbonyl (C=O) groups excluding carboxylic acids is 2. The highest BCUT2D eigenvalue weighted by Crippen LogP contribution is 2.20. The van der Waals surface area contributed by atoms with E-state index in [0.717, 1.165) is 37.1 Å². The Labute approximate surface area is 171 Å². The minimum absolute atomic E-state index is 0. The Morgan fingerprint density at radius 1 is 1.14 bits per heavy atom. The van der Waals surface area contributed by atoms with Gasteiger partial charge in [-0.15, -0.1) is 12.4 Å². The zero-order valence-corrected chi connectivity index (χ0v) is 16.7. The smallest absolute Gasteiger partial charge is 0.260 e. The van der Waals surface area contributed by atoms with Crippen LogP contribution in [0.25, 0.3) is 0 Å². The van der Waals surface area contributed by atoms with Gasteiger partial charge in [-0.2, -0.15) is 0 Å². The number of aryl methyl sites for hydroxylation is 1. The number of hydrogen-bond donors (Lipinski definition) is 2. The number of hydrogen-bond acceptors (Lipinski definition) is 4. The van der Waals surface area contributed by atoms with Crippen LogP contribution in [-0.4, -0.2) is 36.4 Å². The maximum Gasteiger partial charge on any atom is 0.260 e. The molecule has 2 amide bonds.